The highest BCUT2D eigenvalue weighted by molar-refractivity contribution is 7.99. The van der Waals surface area contributed by atoms with E-state index in [4.69, 9.17) is 4.42 Å². The Bertz CT molecular complexity index is 2830. The van der Waals surface area contributed by atoms with Crippen LogP contribution in [0.15, 0.2) is 142 Å². The van der Waals surface area contributed by atoms with Gasteiger partial charge in [0.2, 0.25) is 0 Å². The lowest BCUT2D eigenvalue weighted by Gasteiger charge is -2.43. The Kier molecular flexibility index (Phi) is 4.00. The van der Waals surface area contributed by atoms with Crippen LogP contribution < -0.4 is 15.8 Å². The minimum Gasteiger partial charge on any atom is -0.456 e. The second-order valence-electron chi connectivity index (χ2n) is 12.4. The highest BCUT2D eigenvalue weighted by atomic mass is 32.2. The lowest BCUT2D eigenvalue weighted by molar-refractivity contribution is 0.669. The molecule has 0 bridgehead atoms. The second kappa shape index (κ2) is 7.81. The van der Waals surface area contributed by atoms with Crippen LogP contribution in [0.5, 0.6) is 0 Å². The van der Waals surface area contributed by atoms with Crippen LogP contribution in [-0.4, -0.2) is 11.3 Å². The fourth-order valence-corrected chi connectivity index (χ4v) is 9.71. The van der Waals surface area contributed by atoms with Crippen molar-refractivity contribution in [2.75, 3.05) is 4.90 Å². The highest BCUT2D eigenvalue weighted by Crippen LogP contribution is 2.55. The van der Waals surface area contributed by atoms with Crippen LogP contribution in [0.25, 0.3) is 65.6 Å². The molecule has 12 rings (SSSR count). The van der Waals surface area contributed by atoms with Crippen LogP contribution in [0.1, 0.15) is 0 Å². The van der Waals surface area contributed by atoms with Crippen molar-refractivity contribution >= 4 is 101 Å². The van der Waals surface area contributed by atoms with Gasteiger partial charge in [-0.25, -0.2) is 0 Å². The van der Waals surface area contributed by atoms with E-state index in [1.165, 1.54) is 92.3 Å². The SMILES string of the molecule is c1ccc2c(c1)Sc1cccc3c1N2c1cc2oc4ccccc4c2c2c1B3n1c3cc4ccccc4cc3c3cccc-2c31. The van der Waals surface area contributed by atoms with Crippen LogP contribution in [0.4, 0.5) is 17.1 Å². The van der Waals surface area contributed by atoms with Crippen molar-refractivity contribution in [3.63, 3.8) is 0 Å². The van der Waals surface area contributed by atoms with Gasteiger partial charge in [0.25, 0.3) is 0 Å². The molecule has 0 saturated carbocycles. The van der Waals surface area contributed by atoms with Gasteiger partial charge in [0.1, 0.15) is 11.2 Å². The lowest BCUT2D eigenvalue weighted by Crippen LogP contribution is -2.57. The molecule has 3 nitrogen and oxygen atoms in total. The summed E-state index contributed by atoms with van der Waals surface area (Å²) < 4.78 is 9.35. The Balaban J connectivity index is 1.35. The minimum atomic E-state index is 0.0150. The van der Waals surface area contributed by atoms with E-state index in [-0.39, 0.29) is 6.85 Å². The molecule has 0 N–H and O–H groups in total. The maximum Gasteiger partial charge on any atom is 0.333 e. The van der Waals surface area contributed by atoms with Crippen LogP contribution in [0.2, 0.25) is 0 Å². The van der Waals surface area contributed by atoms with Gasteiger partial charge in [-0.2, -0.15) is 0 Å². The summed E-state index contributed by atoms with van der Waals surface area (Å²) in [5.74, 6) is 0. The van der Waals surface area contributed by atoms with E-state index in [0.717, 1.165) is 11.2 Å². The Morgan fingerprint density at radius 2 is 1.38 bits per heavy atom. The van der Waals surface area contributed by atoms with E-state index >= 15 is 0 Å². The van der Waals surface area contributed by atoms with Gasteiger partial charge in [0, 0.05) is 59.7 Å². The Morgan fingerprint density at radius 1 is 0.600 bits per heavy atom. The van der Waals surface area contributed by atoms with E-state index in [1.807, 2.05) is 11.8 Å². The summed E-state index contributed by atoms with van der Waals surface area (Å²) in [6.45, 7) is 0.0150. The zero-order chi connectivity index (χ0) is 29.0. The molecular formula is C40H21BN2OS. The number of furan rings is 1. The van der Waals surface area contributed by atoms with Gasteiger partial charge in [-0.15, -0.1) is 0 Å². The molecule has 9 aromatic rings. The quantitative estimate of drug-likeness (QED) is 0.165. The lowest BCUT2D eigenvalue weighted by atomic mass is 9.45. The molecule has 0 atom stereocenters. The molecule has 5 heterocycles. The summed E-state index contributed by atoms with van der Waals surface area (Å²) in [6.07, 6.45) is 0. The molecule has 0 radical (unpaired) electrons. The predicted octanol–water partition coefficient (Wildman–Crippen LogP) is 9.73. The molecule has 0 saturated heterocycles. The second-order valence-corrected chi connectivity index (χ2v) is 13.5. The third kappa shape index (κ3) is 2.66. The first-order chi connectivity index (χ1) is 22.3. The van der Waals surface area contributed by atoms with Crippen molar-refractivity contribution in [1.82, 2.24) is 4.48 Å². The summed E-state index contributed by atoms with van der Waals surface area (Å²) in [7, 11) is 0. The summed E-state index contributed by atoms with van der Waals surface area (Å²) in [6, 6.07) is 47.0. The zero-order valence-electron chi connectivity index (χ0n) is 23.9. The van der Waals surface area contributed by atoms with Crippen molar-refractivity contribution in [3.05, 3.63) is 127 Å². The molecule has 45 heavy (non-hydrogen) atoms. The largest absolute Gasteiger partial charge is 0.456 e. The summed E-state index contributed by atoms with van der Waals surface area (Å²) in [5.41, 5.74) is 13.5. The first-order valence-electron chi connectivity index (χ1n) is 15.5. The van der Waals surface area contributed by atoms with Crippen molar-refractivity contribution in [2.45, 2.75) is 9.79 Å². The molecule has 7 aromatic carbocycles. The molecule has 3 aliphatic rings. The summed E-state index contributed by atoms with van der Waals surface area (Å²) >= 11 is 1.88. The van der Waals surface area contributed by atoms with Gasteiger partial charge >= 0.3 is 6.85 Å². The number of hydrogen-bond donors (Lipinski definition) is 0. The Labute approximate surface area is 262 Å². The molecule has 0 fully saturated rings. The molecule has 0 aliphatic carbocycles. The maximum atomic E-state index is 6.69. The number of benzene rings is 7. The standard InChI is InChI=1S/C40H21BN2OS/c1-2-10-23-20-30-27(19-22(23)9-1)24-12-7-13-26-37-36-25-11-3-5-16-32(25)44-33(36)21-31-38(37)41(43(30)39(24)26)28-14-8-18-35-40(28)42(31)29-15-4-6-17-34(29)45-35/h1-21H. The molecular weight excluding hydrogens is 567 g/mol. The fraction of sp³-hybridized carbons (Fsp3) is 0. The van der Waals surface area contributed by atoms with Gasteiger partial charge in [-0.1, -0.05) is 96.7 Å². The van der Waals surface area contributed by atoms with Crippen molar-refractivity contribution in [2.24, 2.45) is 0 Å². The fourth-order valence-electron chi connectivity index (χ4n) is 8.61. The van der Waals surface area contributed by atoms with Crippen LogP contribution >= 0.6 is 11.8 Å². The van der Waals surface area contributed by atoms with E-state index in [9.17, 15) is 0 Å². The Hall–Kier alpha value is -5.39. The third-order valence-corrected chi connectivity index (χ3v) is 11.4. The first kappa shape index (κ1) is 23.1. The number of fused-ring (bicyclic) bond motifs is 14. The summed E-state index contributed by atoms with van der Waals surface area (Å²) in [4.78, 5) is 5.08. The maximum absolute atomic E-state index is 6.69. The highest BCUT2D eigenvalue weighted by Gasteiger charge is 2.46. The molecule has 0 amide bonds. The number of rotatable bonds is 0. The van der Waals surface area contributed by atoms with Crippen molar-refractivity contribution in [3.8, 4) is 11.1 Å². The molecule has 206 valence electrons. The minimum absolute atomic E-state index is 0.0150. The van der Waals surface area contributed by atoms with Gasteiger partial charge in [0.05, 0.1) is 11.4 Å². The van der Waals surface area contributed by atoms with E-state index in [2.05, 4.69) is 137 Å². The van der Waals surface area contributed by atoms with Crippen LogP contribution in [0.3, 0.4) is 0 Å². The molecule has 0 unspecified atom stereocenters. The number of anilines is 3. The predicted molar refractivity (Wildman–Crippen MR) is 189 cm³/mol. The Morgan fingerprint density at radius 3 is 2.33 bits per heavy atom. The molecule has 2 aromatic heterocycles. The number of nitrogens with zero attached hydrogens (tertiary/aromatic N) is 2. The van der Waals surface area contributed by atoms with Gasteiger partial charge in [0.15, 0.2) is 0 Å². The zero-order valence-corrected chi connectivity index (χ0v) is 24.7. The topological polar surface area (TPSA) is 21.3 Å². The first-order valence-corrected chi connectivity index (χ1v) is 16.3. The number of aromatic nitrogens is 1. The van der Waals surface area contributed by atoms with E-state index < -0.39 is 0 Å². The number of hydrogen-bond acceptors (Lipinski definition) is 3. The van der Waals surface area contributed by atoms with Gasteiger partial charge in [-0.05, 0) is 63.7 Å². The monoisotopic (exact) mass is 588 g/mol. The normalized spacial score (nSPS) is 14.0. The van der Waals surface area contributed by atoms with E-state index in [0.29, 0.717) is 0 Å². The molecule has 3 aliphatic heterocycles. The average molecular weight is 589 g/mol. The number of para-hydroxylation sites is 4. The molecule has 0 spiro atoms. The van der Waals surface area contributed by atoms with Gasteiger partial charge < -0.3 is 13.8 Å². The average Bonchev–Trinajstić information content (AvgIpc) is 3.62. The smallest absolute Gasteiger partial charge is 0.333 e. The molecule has 5 heteroatoms. The van der Waals surface area contributed by atoms with Crippen molar-refractivity contribution in [1.29, 1.82) is 0 Å². The van der Waals surface area contributed by atoms with Gasteiger partial charge in [-0.3, -0.25) is 0 Å². The third-order valence-electron chi connectivity index (χ3n) is 10.3. The van der Waals surface area contributed by atoms with Crippen LogP contribution in [0, 0.1) is 0 Å². The summed E-state index contributed by atoms with van der Waals surface area (Å²) in [5, 5.41) is 7.53. The van der Waals surface area contributed by atoms with Crippen molar-refractivity contribution < 1.29 is 4.42 Å². The van der Waals surface area contributed by atoms with E-state index in [1.54, 1.807) is 0 Å². The van der Waals surface area contributed by atoms with Crippen LogP contribution in [-0.2, 0) is 0 Å².